The van der Waals surface area contributed by atoms with E-state index in [0.717, 1.165) is 6.07 Å². The Balaban J connectivity index is 3.04. The second kappa shape index (κ2) is 6.10. The molecule has 118 valence electrons. The van der Waals surface area contributed by atoms with E-state index >= 15 is 0 Å². The van der Waals surface area contributed by atoms with Gasteiger partial charge < -0.3 is 10.1 Å². The van der Waals surface area contributed by atoms with Crippen LogP contribution in [0.2, 0.25) is 0 Å². The van der Waals surface area contributed by atoms with E-state index in [9.17, 15) is 32.1 Å². The van der Waals surface area contributed by atoms with E-state index in [1.807, 2.05) is 0 Å². The van der Waals surface area contributed by atoms with Crippen LogP contribution in [0, 0.1) is 10.1 Å². The quantitative estimate of drug-likeness (QED) is 0.495. The van der Waals surface area contributed by atoms with Crippen molar-refractivity contribution in [2.45, 2.75) is 19.0 Å². The summed E-state index contributed by atoms with van der Waals surface area (Å²) in [5.74, 6) is -5.77. The first-order valence-electron chi connectivity index (χ1n) is 5.68. The molecule has 1 aromatic carbocycles. The average Bonchev–Trinajstić information content (AvgIpc) is 2.35. The third-order valence-corrected chi connectivity index (χ3v) is 2.37. The molecule has 1 rings (SSSR count). The third-order valence-electron chi connectivity index (χ3n) is 2.37. The van der Waals surface area contributed by atoms with Crippen LogP contribution in [0.5, 0.6) is 5.75 Å². The Morgan fingerprint density at radius 1 is 1.29 bits per heavy atom. The van der Waals surface area contributed by atoms with Crippen LogP contribution in [0.4, 0.5) is 33.3 Å². The van der Waals surface area contributed by atoms with Gasteiger partial charge in [0.15, 0.2) is 12.4 Å². The molecular formula is C11H11F5N2O3. The lowest BCUT2D eigenvalue weighted by Gasteiger charge is -2.20. The number of anilines is 1. The van der Waals surface area contributed by atoms with Crippen molar-refractivity contribution in [1.29, 1.82) is 0 Å². The number of ether oxygens (including phenoxy) is 1. The minimum atomic E-state index is -5.79. The van der Waals surface area contributed by atoms with Crippen LogP contribution >= 0.6 is 0 Å². The summed E-state index contributed by atoms with van der Waals surface area (Å²) in [5, 5.41) is 13.5. The van der Waals surface area contributed by atoms with Gasteiger partial charge in [0.25, 0.3) is 0 Å². The molecular weight excluding hydrogens is 303 g/mol. The molecule has 0 fully saturated rings. The molecule has 1 N–H and O–H groups in total. The molecule has 0 radical (unpaired) electrons. The van der Waals surface area contributed by atoms with Crippen molar-refractivity contribution in [3.63, 3.8) is 0 Å². The standard InChI is InChI=1S/C11H11F5N2O3/c1-2-17-7-4-3-5-8(9(7)18(19)20)21-6-10(12,13)11(14,15)16/h3-5,17H,2,6H2,1H3. The molecule has 0 aliphatic rings. The fourth-order valence-electron chi connectivity index (χ4n) is 1.41. The van der Waals surface area contributed by atoms with E-state index < -0.39 is 35.1 Å². The van der Waals surface area contributed by atoms with Gasteiger partial charge in [-0.2, -0.15) is 22.0 Å². The molecule has 0 spiro atoms. The maximum absolute atomic E-state index is 12.8. The largest absolute Gasteiger partial charge is 0.480 e. The zero-order valence-corrected chi connectivity index (χ0v) is 10.7. The highest BCUT2D eigenvalue weighted by Crippen LogP contribution is 2.39. The van der Waals surface area contributed by atoms with Crippen LogP contribution in [0.25, 0.3) is 0 Å². The lowest BCUT2D eigenvalue weighted by molar-refractivity contribution is -0.385. The molecule has 0 amide bonds. The van der Waals surface area contributed by atoms with E-state index in [1.54, 1.807) is 6.92 Å². The lowest BCUT2D eigenvalue weighted by atomic mass is 10.2. The van der Waals surface area contributed by atoms with E-state index in [1.165, 1.54) is 12.1 Å². The van der Waals surface area contributed by atoms with E-state index in [-0.39, 0.29) is 5.69 Å². The second-order valence-corrected chi connectivity index (χ2v) is 3.93. The van der Waals surface area contributed by atoms with Gasteiger partial charge in [-0.25, -0.2) is 0 Å². The Labute approximate surface area is 115 Å². The average molecular weight is 314 g/mol. The molecule has 0 heterocycles. The van der Waals surface area contributed by atoms with Crippen molar-refractivity contribution in [1.82, 2.24) is 0 Å². The molecule has 0 aliphatic carbocycles. The first-order chi connectivity index (χ1) is 9.60. The van der Waals surface area contributed by atoms with Crippen LogP contribution in [0.15, 0.2) is 18.2 Å². The van der Waals surface area contributed by atoms with Crippen LogP contribution in [0.1, 0.15) is 6.92 Å². The van der Waals surface area contributed by atoms with Crippen LogP contribution in [-0.4, -0.2) is 30.2 Å². The Morgan fingerprint density at radius 2 is 1.90 bits per heavy atom. The number of nitrogens with zero attached hydrogens (tertiary/aromatic N) is 1. The number of nitrogens with one attached hydrogen (secondary N) is 1. The smallest absolute Gasteiger partial charge is 0.456 e. The summed E-state index contributed by atoms with van der Waals surface area (Å²) in [5.41, 5.74) is -0.729. The van der Waals surface area contributed by atoms with Crippen molar-refractivity contribution in [2.24, 2.45) is 0 Å². The van der Waals surface area contributed by atoms with E-state index in [4.69, 9.17) is 0 Å². The predicted molar refractivity (Wildman–Crippen MR) is 63.8 cm³/mol. The Morgan fingerprint density at radius 3 is 2.38 bits per heavy atom. The number of rotatable bonds is 6. The van der Waals surface area contributed by atoms with Gasteiger partial charge in [0.05, 0.1) is 4.92 Å². The van der Waals surface area contributed by atoms with Crippen molar-refractivity contribution < 1.29 is 31.6 Å². The van der Waals surface area contributed by atoms with Gasteiger partial charge in [-0.1, -0.05) is 6.07 Å². The number of para-hydroxylation sites is 1. The van der Waals surface area contributed by atoms with Crippen molar-refractivity contribution in [3.8, 4) is 5.75 Å². The summed E-state index contributed by atoms with van der Waals surface area (Å²) in [6, 6.07) is 3.48. The summed E-state index contributed by atoms with van der Waals surface area (Å²) < 4.78 is 65.9. The molecule has 10 heteroatoms. The predicted octanol–water partition coefficient (Wildman–Crippen LogP) is 3.60. The topological polar surface area (TPSA) is 64.4 Å². The van der Waals surface area contributed by atoms with Gasteiger partial charge in [-0.3, -0.25) is 10.1 Å². The monoisotopic (exact) mass is 314 g/mol. The van der Waals surface area contributed by atoms with E-state index in [0.29, 0.717) is 6.54 Å². The molecule has 0 saturated heterocycles. The minimum absolute atomic E-state index is 0.0321. The number of benzene rings is 1. The van der Waals surface area contributed by atoms with Crippen molar-refractivity contribution >= 4 is 11.4 Å². The highest BCUT2D eigenvalue weighted by molar-refractivity contribution is 5.68. The third kappa shape index (κ3) is 3.92. The maximum atomic E-state index is 12.8. The summed E-state index contributed by atoms with van der Waals surface area (Å²) >= 11 is 0. The summed E-state index contributed by atoms with van der Waals surface area (Å²) in [7, 11) is 0. The molecule has 0 saturated carbocycles. The maximum Gasteiger partial charge on any atom is 0.456 e. The summed E-state index contributed by atoms with van der Waals surface area (Å²) in [6.07, 6.45) is -5.79. The second-order valence-electron chi connectivity index (χ2n) is 3.93. The number of hydrogen-bond donors (Lipinski definition) is 1. The number of nitro benzene ring substituents is 1. The minimum Gasteiger partial charge on any atom is -0.480 e. The zero-order valence-electron chi connectivity index (χ0n) is 10.7. The number of halogens is 5. The Bertz CT molecular complexity index is 519. The summed E-state index contributed by atoms with van der Waals surface area (Å²) in [4.78, 5) is 10.00. The van der Waals surface area contributed by atoms with Gasteiger partial charge in [0.2, 0.25) is 0 Å². The van der Waals surface area contributed by atoms with E-state index in [2.05, 4.69) is 10.1 Å². The van der Waals surface area contributed by atoms with Crippen LogP contribution in [0.3, 0.4) is 0 Å². The van der Waals surface area contributed by atoms with Gasteiger partial charge in [-0.15, -0.1) is 0 Å². The molecule has 0 aliphatic heterocycles. The van der Waals surface area contributed by atoms with Gasteiger partial charge in [0.1, 0.15) is 5.69 Å². The van der Waals surface area contributed by atoms with Crippen molar-refractivity contribution in [2.75, 3.05) is 18.5 Å². The van der Waals surface area contributed by atoms with Gasteiger partial charge in [0, 0.05) is 6.54 Å². The molecule has 0 aromatic heterocycles. The lowest BCUT2D eigenvalue weighted by Crippen LogP contribution is -2.41. The molecule has 5 nitrogen and oxygen atoms in total. The first kappa shape index (κ1) is 16.9. The molecule has 21 heavy (non-hydrogen) atoms. The van der Waals surface area contributed by atoms with Gasteiger partial charge >= 0.3 is 17.8 Å². The highest BCUT2D eigenvalue weighted by atomic mass is 19.4. The number of hydrogen-bond acceptors (Lipinski definition) is 4. The normalized spacial score (nSPS) is 12.1. The first-order valence-corrected chi connectivity index (χ1v) is 5.68. The zero-order chi connectivity index (χ0) is 16.3. The Kier molecular flexibility index (Phi) is 4.92. The number of alkyl halides is 5. The molecule has 0 atom stereocenters. The molecule has 0 unspecified atom stereocenters. The fraction of sp³-hybridized carbons (Fsp3) is 0.455. The van der Waals surface area contributed by atoms with Crippen LogP contribution < -0.4 is 10.1 Å². The number of nitro groups is 1. The highest BCUT2D eigenvalue weighted by Gasteiger charge is 2.58. The summed E-state index contributed by atoms with van der Waals surface area (Å²) in [6.45, 7) is -0.106. The van der Waals surface area contributed by atoms with Gasteiger partial charge in [-0.05, 0) is 19.1 Å². The van der Waals surface area contributed by atoms with Crippen molar-refractivity contribution in [3.05, 3.63) is 28.3 Å². The SMILES string of the molecule is CCNc1cccc(OCC(F)(F)C(F)(F)F)c1[N+](=O)[O-]. The Hall–Kier alpha value is -2.13. The molecule has 1 aromatic rings. The van der Waals surface area contributed by atoms with Crippen LogP contribution in [-0.2, 0) is 0 Å². The fourth-order valence-corrected chi connectivity index (χ4v) is 1.41. The molecule has 0 bridgehead atoms.